The summed E-state index contributed by atoms with van der Waals surface area (Å²) in [7, 11) is 0. The smallest absolute Gasteiger partial charge is 0.103 e. The van der Waals surface area contributed by atoms with Crippen molar-refractivity contribution in [3.05, 3.63) is 0 Å². The largest absolute Gasteiger partial charge is 0.386 e. The number of rotatable bonds is 6. The third-order valence-electron chi connectivity index (χ3n) is 4.12. The first-order valence-corrected chi connectivity index (χ1v) is 6.75. The van der Waals surface area contributed by atoms with Gasteiger partial charge in [0, 0.05) is 13.2 Å². The van der Waals surface area contributed by atoms with Crippen LogP contribution in [0.25, 0.3) is 0 Å². The van der Waals surface area contributed by atoms with Crippen molar-refractivity contribution in [2.24, 2.45) is 17.6 Å². The van der Waals surface area contributed by atoms with Gasteiger partial charge in [-0.2, -0.15) is 0 Å². The summed E-state index contributed by atoms with van der Waals surface area (Å²) in [5.74, 6) is 1.11. The molecule has 3 N–H and O–H groups in total. The van der Waals surface area contributed by atoms with Crippen LogP contribution in [0.3, 0.4) is 0 Å². The molecule has 2 fully saturated rings. The normalized spacial score (nSPS) is 26.6. The molecule has 2 rings (SSSR count). The number of ether oxygens (including phenoxy) is 1. The van der Waals surface area contributed by atoms with Crippen LogP contribution in [0.5, 0.6) is 0 Å². The zero-order valence-corrected chi connectivity index (χ0v) is 10.2. The number of aliphatic hydroxyl groups is 1. The van der Waals surface area contributed by atoms with Crippen molar-refractivity contribution in [2.75, 3.05) is 19.8 Å². The van der Waals surface area contributed by atoms with E-state index in [1.54, 1.807) is 0 Å². The average Bonchev–Trinajstić information content (AvgIpc) is 3.14. The molecule has 0 aromatic rings. The van der Waals surface area contributed by atoms with Gasteiger partial charge in [-0.25, -0.2) is 0 Å². The molecule has 0 saturated heterocycles. The van der Waals surface area contributed by atoms with Gasteiger partial charge in [-0.15, -0.1) is 0 Å². The van der Waals surface area contributed by atoms with Crippen molar-refractivity contribution < 1.29 is 9.84 Å². The summed E-state index contributed by atoms with van der Waals surface area (Å²) in [6, 6.07) is 0. The molecule has 3 nitrogen and oxygen atoms in total. The molecular formula is C13H25NO2. The van der Waals surface area contributed by atoms with Crippen LogP contribution in [0, 0.1) is 11.8 Å². The minimum Gasteiger partial charge on any atom is -0.386 e. The van der Waals surface area contributed by atoms with E-state index in [0.717, 1.165) is 25.4 Å². The molecule has 3 heteroatoms. The fourth-order valence-corrected chi connectivity index (χ4v) is 2.72. The van der Waals surface area contributed by atoms with Gasteiger partial charge in [0.15, 0.2) is 0 Å². The highest BCUT2D eigenvalue weighted by molar-refractivity contribution is 4.95. The molecule has 2 aliphatic carbocycles. The summed E-state index contributed by atoms with van der Waals surface area (Å²) >= 11 is 0. The molecule has 0 amide bonds. The first-order valence-electron chi connectivity index (χ1n) is 6.75. The third-order valence-corrected chi connectivity index (χ3v) is 4.12. The molecule has 0 aromatic carbocycles. The van der Waals surface area contributed by atoms with Gasteiger partial charge in [-0.05, 0) is 37.5 Å². The van der Waals surface area contributed by atoms with Crippen LogP contribution < -0.4 is 5.73 Å². The lowest BCUT2D eigenvalue weighted by Crippen LogP contribution is -2.45. The van der Waals surface area contributed by atoms with E-state index in [0.29, 0.717) is 19.1 Å². The van der Waals surface area contributed by atoms with Crippen molar-refractivity contribution in [3.63, 3.8) is 0 Å². The maximum atomic E-state index is 10.2. The van der Waals surface area contributed by atoms with E-state index in [1.165, 1.54) is 32.1 Å². The predicted octanol–water partition coefficient (Wildman–Crippen LogP) is 1.68. The Balaban J connectivity index is 1.65. The van der Waals surface area contributed by atoms with E-state index < -0.39 is 5.60 Å². The minimum atomic E-state index is -0.741. The lowest BCUT2D eigenvalue weighted by atomic mass is 9.90. The van der Waals surface area contributed by atoms with Crippen molar-refractivity contribution in [2.45, 2.75) is 50.5 Å². The van der Waals surface area contributed by atoms with Gasteiger partial charge in [0.1, 0.15) is 5.60 Å². The monoisotopic (exact) mass is 227 g/mol. The molecular weight excluding hydrogens is 202 g/mol. The molecule has 94 valence electrons. The van der Waals surface area contributed by atoms with E-state index >= 15 is 0 Å². The van der Waals surface area contributed by atoms with Crippen LogP contribution in [0.4, 0.5) is 0 Å². The Morgan fingerprint density at radius 1 is 1.12 bits per heavy atom. The van der Waals surface area contributed by atoms with Gasteiger partial charge in [0.05, 0.1) is 6.61 Å². The molecule has 1 unspecified atom stereocenters. The Bertz CT molecular complexity index is 212. The van der Waals surface area contributed by atoms with Crippen molar-refractivity contribution >= 4 is 0 Å². The van der Waals surface area contributed by atoms with E-state index in [2.05, 4.69) is 0 Å². The van der Waals surface area contributed by atoms with Crippen molar-refractivity contribution in [1.82, 2.24) is 0 Å². The number of hydrogen-bond acceptors (Lipinski definition) is 3. The van der Waals surface area contributed by atoms with E-state index in [9.17, 15) is 5.11 Å². The van der Waals surface area contributed by atoms with Crippen molar-refractivity contribution in [1.29, 1.82) is 0 Å². The highest BCUT2D eigenvalue weighted by Gasteiger charge is 2.43. The average molecular weight is 227 g/mol. The zero-order valence-electron chi connectivity index (χ0n) is 10.2. The molecule has 0 heterocycles. The van der Waals surface area contributed by atoms with E-state index in [-0.39, 0.29) is 0 Å². The Labute approximate surface area is 98.4 Å². The topological polar surface area (TPSA) is 55.5 Å². The minimum absolute atomic E-state index is 0.336. The van der Waals surface area contributed by atoms with Crippen molar-refractivity contribution in [3.8, 4) is 0 Å². The Morgan fingerprint density at radius 2 is 1.81 bits per heavy atom. The van der Waals surface area contributed by atoms with E-state index in [4.69, 9.17) is 10.5 Å². The molecule has 0 aromatic heterocycles. The highest BCUT2D eigenvalue weighted by Crippen LogP contribution is 2.39. The lowest BCUT2D eigenvalue weighted by molar-refractivity contribution is -0.0640. The molecule has 0 aliphatic heterocycles. The first kappa shape index (κ1) is 12.3. The van der Waals surface area contributed by atoms with Crippen LogP contribution in [-0.2, 0) is 4.74 Å². The molecule has 0 radical (unpaired) electrons. The SMILES string of the molecule is NCC(O)(COCC1CCCCC1)C1CC1. The van der Waals surface area contributed by atoms with Crippen LogP contribution in [0.2, 0.25) is 0 Å². The summed E-state index contributed by atoms with van der Waals surface area (Å²) < 4.78 is 5.70. The second-order valence-electron chi connectivity index (χ2n) is 5.60. The quantitative estimate of drug-likeness (QED) is 0.726. The molecule has 2 aliphatic rings. The first-order chi connectivity index (χ1) is 7.74. The lowest BCUT2D eigenvalue weighted by Gasteiger charge is -2.28. The van der Waals surface area contributed by atoms with Gasteiger partial charge >= 0.3 is 0 Å². The Morgan fingerprint density at radius 3 is 2.38 bits per heavy atom. The summed E-state index contributed by atoms with van der Waals surface area (Å²) in [5.41, 5.74) is 4.90. The summed E-state index contributed by atoms with van der Waals surface area (Å²) in [6.45, 7) is 1.59. The fourth-order valence-electron chi connectivity index (χ4n) is 2.72. The molecule has 2 saturated carbocycles. The number of hydrogen-bond donors (Lipinski definition) is 2. The second kappa shape index (κ2) is 5.48. The zero-order chi connectivity index (χ0) is 11.4. The van der Waals surface area contributed by atoms with Crippen LogP contribution in [0.1, 0.15) is 44.9 Å². The summed E-state index contributed by atoms with van der Waals surface area (Å²) in [4.78, 5) is 0. The molecule has 0 bridgehead atoms. The highest BCUT2D eigenvalue weighted by atomic mass is 16.5. The van der Waals surface area contributed by atoms with Gasteiger partial charge in [0.25, 0.3) is 0 Å². The van der Waals surface area contributed by atoms with Gasteiger partial charge in [-0.1, -0.05) is 19.3 Å². The van der Waals surface area contributed by atoms with Crippen LogP contribution in [-0.4, -0.2) is 30.5 Å². The van der Waals surface area contributed by atoms with E-state index in [1.807, 2.05) is 0 Å². The third kappa shape index (κ3) is 3.19. The van der Waals surface area contributed by atoms with Gasteiger partial charge < -0.3 is 15.6 Å². The molecule has 16 heavy (non-hydrogen) atoms. The predicted molar refractivity (Wildman–Crippen MR) is 64.1 cm³/mol. The Hall–Kier alpha value is -0.120. The van der Waals surface area contributed by atoms with Crippen LogP contribution in [0.15, 0.2) is 0 Å². The molecule has 1 atom stereocenters. The fraction of sp³-hybridized carbons (Fsp3) is 1.00. The maximum Gasteiger partial charge on any atom is 0.103 e. The van der Waals surface area contributed by atoms with Gasteiger partial charge in [0.2, 0.25) is 0 Å². The summed E-state index contributed by atoms with van der Waals surface area (Å²) in [6.07, 6.45) is 8.89. The second-order valence-corrected chi connectivity index (χ2v) is 5.60. The summed E-state index contributed by atoms with van der Waals surface area (Å²) in [5, 5.41) is 10.2. The maximum absolute atomic E-state index is 10.2. The van der Waals surface area contributed by atoms with Gasteiger partial charge in [-0.3, -0.25) is 0 Å². The van der Waals surface area contributed by atoms with Crippen LogP contribution >= 0.6 is 0 Å². The standard InChI is InChI=1S/C13H25NO2/c14-9-13(15,12-6-7-12)10-16-8-11-4-2-1-3-5-11/h11-12,15H,1-10,14H2. The number of nitrogens with two attached hydrogens (primary N) is 1. The Kier molecular flexibility index (Phi) is 4.22. The molecule has 0 spiro atoms.